The summed E-state index contributed by atoms with van der Waals surface area (Å²) < 4.78 is 9.83. The molecule has 0 aromatic carbocycles. The molecule has 1 aromatic rings. The predicted octanol–water partition coefficient (Wildman–Crippen LogP) is 1.89. The van der Waals surface area contributed by atoms with E-state index >= 15 is 0 Å². The zero-order valence-electron chi connectivity index (χ0n) is 10.2. The second kappa shape index (κ2) is 5.61. The van der Waals surface area contributed by atoms with Gasteiger partial charge in [0.15, 0.2) is 0 Å². The Balaban J connectivity index is 3.27. The number of hydrogen-bond acceptors (Lipinski definition) is 4. The molecular formula is C12H17NO3. The fraction of sp³-hybridized carbons (Fsp3) is 0.500. The molecule has 0 aliphatic carbocycles. The number of aryl methyl sites for hydroxylation is 2. The van der Waals surface area contributed by atoms with Crippen molar-refractivity contribution in [3.8, 4) is 0 Å². The van der Waals surface area contributed by atoms with Crippen LogP contribution in [0, 0.1) is 6.92 Å². The average molecular weight is 223 g/mol. The van der Waals surface area contributed by atoms with Gasteiger partial charge in [0.1, 0.15) is 0 Å². The third kappa shape index (κ3) is 2.58. The first-order chi connectivity index (χ1) is 7.63. The van der Waals surface area contributed by atoms with Gasteiger partial charge in [-0.05, 0) is 25.0 Å². The van der Waals surface area contributed by atoms with E-state index in [1.165, 1.54) is 7.11 Å². The summed E-state index contributed by atoms with van der Waals surface area (Å²) in [5.74, 6) is -0.361. The van der Waals surface area contributed by atoms with Gasteiger partial charge in [0.2, 0.25) is 0 Å². The van der Waals surface area contributed by atoms with Gasteiger partial charge in [0.05, 0.1) is 25.0 Å². The summed E-state index contributed by atoms with van der Waals surface area (Å²) in [6.07, 6.45) is 0.832. The fourth-order valence-electron chi connectivity index (χ4n) is 1.64. The second-order valence-electron chi connectivity index (χ2n) is 3.51. The van der Waals surface area contributed by atoms with Crippen molar-refractivity contribution in [3.63, 3.8) is 0 Å². The summed E-state index contributed by atoms with van der Waals surface area (Å²) in [7, 11) is 2.97. The highest BCUT2D eigenvalue weighted by molar-refractivity contribution is 5.92. The standard InChI is InChI=1S/C12H17NO3/c1-5-10-6-9(7-15-3)11(8(2)13-10)12(14)16-4/h6H,5,7H2,1-4H3. The van der Waals surface area contributed by atoms with Crippen LogP contribution in [0.1, 0.15) is 34.2 Å². The predicted molar refractivity (Wildman–Crippen MR) is 60.4 cm³/mol. The van der Waals surface area contributed by atoms with Gasteiger partial charge in [0, 0.05) is 12.8 Å². The Labute approximate surface area is 95.6 Å². The lowest BCUT2D eigenvalue weighted by Gasteiger charge is -2.11. The molecule has 0 unspecified atom stereocenters. The number of pyridine rings is 1. The van der Waals surface area contributed by atoms with Crippen LogP contribution in [-0.2, 0) is 22.5 Å². The van der Waals surface area contributed by atoms with Crippen molar-refractivity contribution in [2.75, 3.05) is 14.2 Å². The number of rotatable bonds is 4. The Morgan fingerprint density at radius 2 is 2.12 bits per heavy atom. The highest BCUT2D eigenvalue weighted by atomic mass is 16.5. The van der Waals surface area contributed by atoms with Crippen molar-refractivity contribution in [1.82, 2.24) is 4.98 Å². The highest BCUT2D eigenvalue weighted by Gasteiger charge is 2.16. The largest absolute Gasteiger partial charge is 0.465 e. The molecule has 0 N–H and O–H groups in total. The molecule has 0 amide bonds. The monoisotopic (exact) mass is 223 g/mol. The Kier molecular flexibility index (Phi) is 4.43. The molecule has 16 heavy (non-hydrogen) atoms. The Hall–Kier alpha value is -1.42. The Morgan fingerprint density at radius 3 is 2.62 bits per heavy atom. The quantitative estimate of drug-likeness (QED) is 0.731. The minimum absolute atomic E-state index is 0.361. The SMILES string of the molecule is CCc1cc(COC)c(C(=O)OC)c(C)n1. The first-order valence-electron chi connectivity index (χ1n) is 5.20. The number of ether oxygens (including phenoxy) is 2. The summed E-state index contributed by atoms with van der Waals surface area (Å²) >= 11 is 0. The lowest BCUT2D eigenvalue weighted by molar-refractivity contribution is 0.0594. The summed E-state index contributed by atoms with van der Waals surface area (Å²) in [6, 6.07) is 1.89. The van der Waals surface area contributed by atoms with Crippen molar-refractivity contribution < 1.29 is 14.3 Å². The van der Waals surface area contributed by atoms with E-state index in [0.717, 1.165) is 17.7 Å². The van der Waals surface area contributed by atoms with Gasteiger partial charge in [-0.25, -0.2) is 4.79 Å². The molecule has 0 fully saturated rings. The maximum atomic E-state index is 11.6. The van der Waals surface area contributed by atoms with Crippen LogP contribution < -0.4 is 0 Å². The van der Waals surface area contributed by atoms with Crippen LogP contribution >= 0.6 is 0 Å². The molecule has 1 rings (SSSR count). The van der Waals surface area contributed by atoms with Crippen LogP contribution in [0.15, 0.2) is 6.07 Å². The highest BCUT2D eigenvalue weighted by Crippen LogP contribution is 2.17. The van der Waals surface area contributed by atoms with E-state index in [4.69, 9.17) is 9.47 Å². The summed E-state index contributed by atoms with van der Waals surface area (Å²) in [6.45, 7) is 4.22. The lowest BCUT2D eigenvalue weighted by atomic mass is 10.1. The molecule has 1 aromatic heterocycles. The maximum absolute atomic E-state index is 11.6. The zero-order chi connectivity index (χ0) is 12.1. The first-order valence-corrected chi connectivity index (χ1v) is 5.20. The molecule has 0 aliphatic heterocycles. The molecule has 0 saturated carbocycles. The van der Waals surface area contributed by atoms with Crippen LogP contribution in [0.25, 0.3) is 0 Å². The van der Waals surface area contributed by atoms with Crippen molar-refractivity contribution >= 4 is 5.97 Å². The molecule has 88 valence electrons. The maximum Gasteiger partial charge on any atom is 0.340 e. The van der Waals surface area contributed by atoms with E-state index in [9.17, 15) is 4.79 Å². The van der Waals surface area contributed by atoms with Crippen molar-refractivity contribution in [2.24, 2.45) is 0 Å². The third-order valence-electron chi connectivity index (χ3n) is 2.39. The third-order valence-corrected chi connectivity index (χ3v) is 2.39. The molecule has 1 heterocycles. The molecule has 0 bridgehead atoms. The smallest absolute Gasteiger partial charge is 0.340 e. The molecule has 4 heteroatoms. The van der Waals surface area contributed by atoms with Crippen molar-refractivity contribution in [3.05, 3.63) is 28.6 Å². The number of aromatic nitrogens is 1. The number of carbonyl (C=O) groups excluding carboxylic acids is 1. The zero-order valence-corrected chi connectivity index (χ0v) is 10.2. The molecule has 4 nitrogen and oxygen atoms in total. The van der Waals surface area contributed by atoms with Crippen molar-refractivity contribution in [1.29, 1.82) is 0 Å². The second-order valence-corrected chi connectivity index (χ2v) is 3.51. The summed E-state index contributed by atoms with van der Waals surface area (Å²) in [5, 5.41) is 0. The van der Waals surface area contributed by atoms with E-state index in [1.54, 1.807) is 7.11 Å². The molecule has 0 saturated heterocycles. The van der Waals surface area contributed by atoms with Gasteiger partial charge in [-0.1, -0.05) is 6.92 Å². The molecule has 0 aliphatic rings. The topological polar surface area (TPSA) is 48.4 Å². The van der Waals surface area contributed by atoms with Gasteiger partial charge < -0.3 is 9.47 Å². The first kappa shape index (κ1) is 12.6. The number of carbonyl (C=O) groups is 1. The Bertz CT molecular complexity index is 388. The van der Waals surface area contributed by atoms with E-state index in [1.807, 2.05) is 19.9 Å². The molecular weight excluding hydrogens is 206 g/mol. The van der Waals surface area contributed by atoms with Gasteiger partial charge in [0.25, 0.3) is 0 Å². The lowest BCUT2D eigenvalue weighted by Crippen LogP contribution is -2.11. The molecule has 0 spiro atoms. The number of hydrogen-bond donors (Lipinski definition) is 0. The number of esters is 1. The van der Waals surface area contributed by atoms with E-state index in [2.05, 4.69) is 4.98 Å². The Morgan fingerprint density at radius 1 is 1.44 bits per heavy atom. The van der Waals surface area contributed by atoms with Gasteiger partial charge in [-0.2, -0.15) is 0 Å². The summed E-state index contributed by atoms with van der Waals surface area (Å²) in [5.41, 5.74) is 3.00. The van der Waals surface area contributed by atoms with Crippen LogP contribution in [0.4, 0.5) is 0 Å². The van der Waals surface area contributed by atoms with E-state index < -0.39 is 0 Å². The molecule has 0 atom stereocenters. The van der Waals surface area contributed by atoms with Gasteiger partial charge in [-0.3, -0.25) is 4.98 Å². The minimum atomic E-state index is -0.361. The molecule has 0 radical (unpaired) electrons. The normalized spacial score (nSPS) is 10.2. The van der Waals surface area contributed by atoms with E-state index in [-0.39, 0.29) is 5.97 Å². The average Bonchev–Trinajstić information content (AvgIpc) is 2.28. The van der Waals surface area contributed by atoms with Crippen LogP contribution in [-0.4, -0.2) is 25.2 Å². The van der Waals surface area contributed by atoms with Crippen LogP contribution in [0.2, 0.25) is 0 Å². The van der Waals surface area contributed by atoms with Crippen molar-refractivity contribution in [2.45, 2.75) is 26.9 Å². The van der Waals surface area contributed by atoms with E-state index in [0.29, 0.717) is 17.9 Å². The van der Waals surface area contributed by atoms with Gasteiger partial charge in [-0.15, -0.1) is 0 Å². The van der Waals surface area contributed by atoms with Crippen LogP contribution in [0.3, 0.4) is 0 Å². The van der Waals surface area contributed by atoms with Gasteiger partial charge >= 0.3 is 5.97 Å². The number of nitrogens with zero attached hydrogens (tertiary/aromatic N) is 1. The van der Waals surface area contributed by atoms with Crippen LogP contribution in [0.5, 0.6) is 0 Å². The summed E-state index contributed by atoms with van der Waals surface area (Å²) in [4.78, 5) is 16.0. The number of methoxy groups -OCH3 is 2. The minimum Gasteiger partial charge on any atom is -0.465 e. The fourth-order valence-corrected chi connectivity index (χ4v) is 1.64.